The third-order valence-corrected chi connectivity index (χ3v) is 4.43. The summed E-state index contributed by atoms with van der Waals surface area (Å²) in [4.78, 5) is 27.9. The molecule has 3 rings (SSSR count). The Hall–Kier alpha value is -2.73. The van der Waals surface area contributed by atoms with Crippen LogP contribution in [0.2, 0.25) is 0 Å². The van der Waals surface area contributed by atoms with E-state index in [9.17, 15) is 9.59 Å². The van der Waals surface area contributed by atoms with Crippen LogP contribution in [0, 0.1) is 0 Å². The van der Waals surface area contributed by atoms with E-state index in [2.05, 4.69) is 39.9 Å². The van der Waals surface area contributed by atoms with Gasteiger partial charge in [-0.25, -0.2) is 0 Å². The van der Waals surface area contributed by atoms with E-state index in [1.165, 1.54) is 33.9 Å². The van der Waals surface area contributed by atoms with Gasteiger partial charge in [0.25, 0.3) is 5.91 Å². The number of rotatable bonds is 6. The standard InChI is InChI=1S/C18H17N3O2S/c22-17(11-21-18(23)16-10-19-12-24-16)20-9-8-14-6-3-5-13-4-1-2-7-15(13)14/h1-7,10,12H,8-9,11H2,(H,20,22)(H,21,23). The number of benzene rings is 2. The fourth-order valence-electron chi connectivity index (χ4n) is 2.49. The average Bonchev–Trinajstić information content (AvgIpc) is 3.14. The van der Waals surface area contributed by atoms with Crippen molar-refractivity contribution in [3.05, 3.63) is 64.6 Å². The van der Waals surface area contributed by atoms with E-state index in [0.717, 1.165) is 6.42 Å². The van der Waals surface area contributed by atoms with Gasteiger partial charge in [0.15, 0.2) is 0 Å². The Labute approximate surface area is 143 Å². The van der Waals surface area contributed by atoms with Gasteiger partial charge in [-0.3, -0.25) is 14.6 Å². The van der Waals surface area contributed by atoms with Crippen LogP contribution in [0.15, 0.2) is 54.2 Å². The highest BCUT2D eigenvalue weighted by Crippen LogP contribution is 2.18. The lowest BCUT2D eigenvalue weighted by atomic mass is 10.0. The SMILES string of the molecule is O=C(CNC(=O)c1cncs1)NCCc1cccc2ccccc12. The highest BCUT2D eigenvalue weighted by molar-refractivity contribution is 7.11. The molecule has 1 aromatic heterocycles. The molecule has 2 aromatic carbocycles. The van der Waals surface area contributed by atoms with Crippen LogP contribution in [0.3, 0.4) is 0 Å². The third kappa shape index (κ3) is 3.97. The molecule has 1 heterocycles. The van der Waals surface area contributed by atoms with E-state index in [0.29, 0.717) is 11.4 Å². The first-order valence-corrected chi connectivity index (χ1v) is 8.52. The number of nitrogens with one attached hydrogen (secondary N) is 2. The van der Waals surface area contributed by atoms with Gasteiger partial charge in [-0.15, -0.1) is 11.3 Å². The van der Waals surface area contributed by atoms with Crippen molar-refractivity contribution < 1.29 is 9.59 Å². The van der Waals surface area contributed by atoms with Gasteiger partial charge in [0, 0.05) is 6.54 Å². The maximum atomic E-state index is 11.8. The fourth-order valence-corrected chi connectivity index (χ4v) is 3.02. The molecule has 0 radical (unpaired) electrons. The molecule has 0 aliphatic rings. The van der Waals surface area contributed by atoms with Crippen molar-refractivity contribution in [3.63, 3.8) is 0 Å². The monoisotopic (exact) mass is 339 g/mol. The minimum absolute atomic E-state index is 0.0354. The predicted molar refractivity (Wildman–Crippen MR) is 95.1 cm³/mol. The van der Waals surface area contributed by atoms with Crippen LogP contribution in [0.25, 0.3) is 10.8 Å². The molecule has 0 saturated heterocycles. The van der Waals surface area contributed by atoms with E-state index in [-0.39, 0.29) is 18.4 Å². The Kier molecular flexibility index (Phi) is 5.18. The van der Waals surface area contributed by atoms with Crippen LogP contribution < -0.4 is 10.6 Å². The normalized spacial score (nSPS) is 10.5. The Morgan fingerprint density at radius 1 is 1.04 bits per heavy atom. The molecule has 2 N–H and O–H groups in total. The van der Waals surface area contributed by atoms with Gasteiger partial charge in [-0.1, -0.05) is 42.5 Å². The van der Waals surface area contributed by atoms with Gasteiger partial charge < -0.3 is 10.6 Å². The molecule has 2 amide bonds. The van der Waals surface area contributed by atoms with Gasteiger partial charge in [-0.05, 0) is 22.8 Å². The van der Waals surface area contributed by atoms with E-state index in [1.54, 1.807) is 5.51 Å². The van der Waals surface area contributed by atoms with Crippen LogP contribution in [-0.2, 0) is 11.2 Å². The first-order valence-electron chi connectivity index (χ1n) is 7.64. The molecular formula is C18H17N3O2S. The van der Waals surface area contributed by atoms with E-state index < -0.39 is 0 Å². The lowest BCUT2D eigenvalue weighted by Crippen LogP contribution is -2.37. The number of thiazole rings is 1. The van der Waals surface area contributed by atoms with Crippen molar-refractivity contribution in [1.29, 1.82) is 0 Å². The summed E-state index contributed by atoms with van der Waals surface area (Å²) in [6.45, 7) is 0.496. The number of carbonyl (C=O) groups excluding carboxylic acids is 2. The quantitative estimate of drug-likeness (QED) is 0.724. The summed E-state index contributed by atoms with van der Waals surface area (Å²) < 4.78 is 0. The Morgan fingerprint density at radius 3 is 2.71 bits per heavy atom. The van der Waals surface area contributed by atoms with Crippen LogP contribution in [-0.4, -0.2) is 29.9 Å². The van der Waals surface area contributed by atoms with Crippen molar-refractivity contribution in [1.82, 2.24) is 15.6 Å². The van der Waals surface area contributed by atoms with Crippen molar-refractivity contribution in [2.24, 2.45) is 0 Å². The fraction of sp³-hybridized carbons (Fsp3) is 0.167. The summed E-state index contributed by atoms with van der Waals surface area (Å²) >= 11 is 1.24. The maximum Gasteiger partial charge on any atom is 0.263 e. The molecular weight excluding hydrogens is 322 g/mol. The van der Waals surface area contributed by atoms with E-state index in [1.807, 2.05) is 18.2 Å². The predicted octanol–water partition coefficient (Wildman–Crippen LogP) is 2.38. The first-order chi connectivity index (χ1) is 11.7. The number of aromatic nitrogens is 1. The van der Waals surface area contributed by atoms with Gasteiger partial charge in [-0.2, -0.15) is 0 Å². The van der Waals surface area contributed by atoms with Gasteiger partial charge in [0.05, 0.1) is 18.3 Å². The first kappa shape index (κ1) is 16.1. The van der Waals surface area contributed by atoms with Crippen molar-refractivity contribution in [2.75, 3.05) is 13.1 Å². The maximum absolute atomic E-state index is 11.8. The number of nitrogens with zero attached hydrogens (tertiary/aromatic N) is 1. The molecule has 0 aliphatic carbocycles. The second-order valence-electron chi connectivity index (χ2n) is 5.29. The molecule has 0 unspecified atom stereocenters. The van der Waals surface area contributed by atoms with Crippen molar-refractivity contribution >= 4 is 33.9 Å². The molecule has 0 fully saturated rings. The Bertz CT molecular complexity index is 841. The number of hydrogen-bond acceptors (Lipinski definition) is 4. The Morgan fingerprint density at radius 2 is 1.88 bits per heavy atom. The zero-order chi connectivity index (χ0) is 16.8. The molecule has 0 bridgehead atoms. The molecule has 0 atom stereocenters. The van der Waals surface area contributed by atoms with Crippen molar-refractivity contribution in [2.45, 2.75) is 6.42 Å². The second-order valence-corrected chi connectivity index (χ2v) is 6.17. The van der Waals surface area contributed by atoms with Crippen LogP contribution in [0.5, 0.6) is 0 Å². The number of hydrogen-bond donors (Lipinski definition) is 2. The van der Waals surface area contributed by atoms with Gasteiger partial charge >= 0.3 is 0 Å². The van der Waals surface area contributed by atoms with E-state index >= 15 is 0 Å². The lowest BCUT2D eigenvalue weighted by molar-refractivity contribution is -0.120. The minimum Gasteiger partial charge on any atom is -0.354 e. The molecule has 0 saturated carbocycles. The highest BCUT2D eigenvalue weighted by atomic mass is 32.1. The molecule has 122 valence electrons. The topological polar surface area (TPSA) is 71.1 Å². The summed E-state index contributed by atoms with van der Waals surface area (Å²) in [5.41, 5.74) is 2.78. The summed E-state index contributed by atoms with van der Waals surface area (Å²) in [5, 5.41) is 7.81. The summed E-state index contributed by atoms with van der Waals surface area (Å²) in [7, 11) is 0. The summed E-state index contributed by atoms with van der Waals surface area (Å²) in [5.74, 6) is -0.477. The molecule has 3 aromatic rings. The summed E-state index contributed by atoms with van der Waals surface area (Å²) in [6.07, 6.45) is 2.23. The van der Waals surface area contributed by atoms with Crippen LogP contribution in [0.1, 0.15) is 15.2 Å². The number of amides is 2. The van der Waals surface area contributed by atoms with Gasteiger partial charge in [0.1, 0.15) is 4.88 Å². The number of carbonyl (C=O) groups is 2. The lowest BCUT2D eigenvalue weighted by Gasteiger charge is -2.08. The van der Waals surface area contributed by atoms with Crippen LogP contribution >= 0.6 is 11.3 Å². The highest BCUT2D eigenvalue weighted by Gasteiger charge is 2.09. The number of fused-ring (bicyclic) bond motifs is 1. The molecule has 6 heteroatoms. The second kappa shape index (κ2) is 7.70. The average molecular weight is 339 g/mol. The summed E-state index contributed by atoms with van der Waals surface area (Å²) in [6, 6.07) is 14.4. The molecule has 0 aliphatic heterocycles. The van der Waals surface area contributed by atoms with Crippen LogP contribution in [0.4, 0.5) is 0 Å². The third-order valence-electron chi connectivity index (χ3n) is 3.66. The smallest absolute Gasteiger partial charge is 0.263 e. The zero-order valence-corrected chi connectivity index (χ0v) is 13.8. The minimum atomic E-state index is -0.276. The van der Waals surface area contributed by atoms with Gasteiger partial charge in [0.2, 0.25) is 5.91 Å². The molecule has 24 heavy (non-hydrogen) atoms. The molecule has 0 spiro atoms. The largest absolute Gasteiger partial charge is 0.354 e. The van der Waals surface area contributed by atoms with Crippen molar-refractivity contribution in [3.8, 4) is 0 Å². The van der Waals surface area contributed by atoms with E-state index in [4.69, 9.17) is 0 Å². The molecule has 5 nitrogen and oxygen atoms in total. The zero-order valence-electron chi connectivity index (χ0n) is 13.0. The Balaban J connectivity index is 1.47.